The number of urea groups is 1. The number of methoxy groups -OCH3 is 1. The quantitative estimate of drug-likeness (QED) is 0.683. The summed E-state index contributed by atoms with van der Waals surface area (Å²) < 4.78 is 44.9. The van der Waals surface area contributed by atoms with Crippen molar-refractivity contribution < 1.29 is 27.5 Å². The van der Waals surface area contributed by atoms with Gasteiger partial charge in [-0.15, -0.1) is 0 Å². The van der Waals surface area contributed by atoms with Gasteiger partial charge >= 0.3 is 18.2 Å². The summed E-state index contributed by atoms with van der Waals surface area (Å²) in [5.74, 6) is -0.376. The lowest BCUT2D eigenvalue weighted by Crippen LogP contribution is -2.34. The zero-order valence-corrected chi connectivity index (χ0v) is 17.0. The van der Waals surface area contributed by atoms with Gasteiger partial charge in [0.15, 0.2) is 0 Å². The number of ether oxygens (including phenoxy) is 1. The lowest BCUT2D eigenvalue weighted by atomic mass is 9.91. The number of hydrogen-bond acceptors (Lipinski definition) is 3. The molecule has 3 atom stereocenters. The van der Waals surface area contributed by atoms with Crippen molar-refractivity contribution in [3.05, 3.63) is 65.2 Å². The molecule has 1 aliphatic heterocycles. The van der Waals surface area contributed by atoms with Crippen LogP contribution in [-0.2, 0) is 10.9 Å². The van der Waals surface area contributed by atoms with Crippen molar-refractivity contribution in [2.75, 3.05) is 25.5 Å². The highest BCUT2D eigenvalue weighted by Gasteiger charge is 2.45. The van der Waals surface area contributed by atoms with Crippen LogP contribution in [0.4, 0.5) is 23.7 Å². The maximum atomic E-state index is 13.4. The highest BCUT2D eigenvalue weighted by molar-refractivity contribution is 6.00. The number of likely N-dealkylation sites (tertiary alicyclic amines) is 1. The zero-order chi connectivity index (χ0) is 22.2. The van der Waals surface area contributed by atoms with Crippen LogP contribution in [0.25, 0.3) is 0 Å². The van der Waals surface area contributed by atoms with E-state index < -0.39 is 17.7 Å². The van der Waals surface area contributed by atoms with E-state index in [-0.39, 0.29) is 29.3 Å². The summed E-state index contributed by atoms with van der Waals surface area (Å²) >= 11 is 0. The molecule has 5 nitrogen and oxygen atoms in total. The van der Waals surface area contributed by atoms with E-state index in [1.165, 1.54) is 13.2 Å². The van der Waals surface area contributed by atoms with Gasteiger partial charge in [0.05, 0.1) is 23.9 Å². The first kappa shape index (κ1) is 21.2. The molecule has 164 valence electrons. The molecule has 1 aliphatic carbocycles. The van der Waals surface area contributed by atoms with Crippen LogP contribution in [0.5, 0.6) is 0 Å². The number of amides is 2. The molecule has 1 N–H and O–H groups in total. The molecule has 2 aliphatic rings. The minimum atomic E-state index is -4.37. The Morgan fingerprint density at radius 3 is 2.26 bits per heavy atom. The Morgan fingerprint density at radius 1 is 1.00 bits per heavy atom. The first-order chi connectivity index (χ1) is 14.8. The average molecular weight is 432 g/mol. The molecule has 0 aromatic heterocycles. The Balaban J connectivity index is 1.42. The summed E-state index contributed by atoms with van der Waals surface area (Å²) in [5.41, 5.74) is 0.427. The van der Waals surface area contributed by atoms with E-state index in [0.29, 0.717) is 37.2 Å². The lowest BCUT2D eigenvalue weighted by Gasteiger charge is -2.22. The van der Waals surface area contributed by atoms with Crippen LogP contribution in [0.2, 0.25) is 0 Å². The number of nitrogens with zero attached hydrogens (tertiary/aromatic N) is 1. The number of fused-ring (bicyclic) bond motifs is 1. The molecule has 1 saturated carbocycles. The molecule has 2 aromatic carbocycles. The second-order valence-electron chi connectivity index (χ2n) is 8.15. The molecule has 0 radical (unpaired) electrons. The van der Waals surface area contributed by atoms with Gasteiger partial charge in [-0.1, -0.05) is 30.3 Å². The van der Waals surface area contributed by atoms with Gasteiger partial charge in [0, 0.05) is 13.1 Å². The van der Waals surface area contributed by atoms with Crippen LogP contribution in [0, 0.1) is 11.8 Å². The third-order valence-corrected chi connectivity index (χ3v) is 6.32. The van der Waals surface area contributed by atoms with E-state index >= 15 is 0 Å². The Bertz CT molecular complexity index is 978. The fourth-order valence-electron chi connectivity index (χ4n) is 4.91. The molecule has 1 saturated heterocycles. The molecular formula is C23H23F3N2O3. The van der Waals surface area contributed by atoms with Crippen molar-refractivity contribution in [3.63, 3.8) is 0 Å². The van der Waals surface area contributed by atoms with Crippen molar-refractivity contribution >= 4 is 17.7 Å². The summed E-state index contributed by atoms with van der Waals surface area (Å²) in [6.45, 7) is 0.975. The van der Waals surface area contributed by atoms with Crippen LogP contribution in [0.1, 0.15) is 40.2 Å². The van der Waals surface area contributed by atoms with Crippen molar-refractivity contribution in [2.45, 2.75) is 24.9 Å². The fourth-order valence-corrected chi connectivity index (χ4v) is 4.91. The fraction of sp³-hybridized carbons (Fsp3) is 0.391. The average Bonchev–Trinajstić information content (AvgIpc) is 3.32. The monoisotopic (exact) mass is 432 g/mol. The minimum Gasteiger partial charge on any atom is -0.465 e. The van der Waals surface area contributed by atoms with Gasteiger partial charge in [-0.2, -0.15) is 13.2 Å². The van der Waals surface area contributed by atoms with Gasteiger partial charge in [0.25, 0.3) is 0 Å². The summed E-state index contributed by atoms with van der Waals surface area (Å²) in [5, 5.41) is 2.77. The number of esters is 1. The largest absolute Gasteiger partial charge is 0.465 e. The normalized spacial score (nSPS) is 22.8. The molecule has 31 heavy (non-hydrogen) atoms. The van der Waals surface area contributed by atoms with Crippen LogP contribution in [-0.4, -0.2) is 37.1 Å². The standard InChI is InChI=1S/C23H23F3N2O3/c1-31-21(29)18-7-3-5-9-20(18)27-22(30)28-12-15-10-14(11-16(15)13-28)17-6-2-4-8-19(17)23(24,25)26/h2-9,14-16H,10-13H2,1H3,(H,27,30)/t14-,15-,16+. The number of nitrogens with one attached hydrogen (secondary N) is 1. The van der Waals surface area contributed by atoms with Gasteiger partial charge in [-0.25, -0.2) is 9.59 Å². The summed E-state index contributed by atoms with van der Waals surface area (Å²) in [7, 11) is 1.27. The lowest BCUT2D eigenvalue weighted by molar-refractivity contribution is -0.138. The number of para-hydroxylation sites is 1. The number of alkyl halides is 3. The van der Waals surface area contributed by atoms with Gasteiger partial charge < -0.3 is 15.0 Å². The number of benzene rings is 2. The second-order valence-corrected chi connectivity index (χ2v) is 8.15. The molecule has 0 bridgehead atoms. The van der Waals surface area contributed by atoms with Gasteiger partial charge in [0.1, 0.15) is 0 Å². The Hall–Kier alpha value is -3.03. The van der Waals surface area contributed by atoms with Crippen LogP contribution in [0.15, 0.2) is 48.5 Å². The van der Waals surface area contributed by atoms with E-state index in [0.717, 1.165) is 6.07 Å². The Labute approximate surface area is 178 Å². The molecule has 2 aromatic rings. The Morgan fingerprint density at radius 2 is 1.61 bits per heavy atom. The SMILES string of the molecule is COC(=O)c1ccccc1NC(=O)N1C[C@H]2C[C@@H](c3ccccc3C(F)(F)F)C[C@H]2C1. The molecule has 8 heteroatoms. The first-order valence-corrected chi connectivity index (χ1v) is 10.2. The summed E-state index contributed by atoms with van der Waals surface area (Å²) in [4.78, 5) is 26.3. The van der Waals surface area contributed by atoms with Crippen molar-refractivity contribution in [2.24, 2.45) is 11.8 Å². The number of halogens is 3. The smallest absolute Gasteiger partial charge is 0.416 e. The first-order valence-electron chi connectivity index (χ1n) is 10.2. The van der Waals surface area contributed by atoms with Crippen LogP contribution < -0.4 is 5.32 Å². The van der Waals surface area contributed by atoms with Crippen LogP contribution in [0.3, 0.4) is 0 Å². The molecule has 2 amide bonds. The number of carbonyl (C=O) groups excluding carboxylic acids is 2. The zero-order valence-electron chi connectivity index (χ0n) is 17.0. The third-order valence-electron chi connectivity index (χ3n) is 6.32. The molecule has 4 rings (SSSR count). The third kappa shape index (κ3) is 4.24. The molecule has 2 fully saturated rings. The molecule has 0 unspecified atom stereocenters. The predicted octanol–water partition coefficient (Wildman–Crippen LogP) is 5.15. The van der Waals surface area contributed by atoms with Crippen molar-refractivity contribution in [3.8, 4) is 0 Å². The van der Waals surface area contributed by atoms with Crippen molar-refractivity contribution in [1.82, 2.24) is 4.90 Å². The van der Waals surface area contributed by atoms with E-state index in [4.69, 9.17) is 4.74 Å². The van der Waals surface area contributed by atoms with Gasteiger partial charge in [-0.05, 0) is 54.4 Å². The number of hydrogen-bond donors (Lipinski definition) is 1. The summed E-state index contributed by atoms with van der Waals surface area (Å²) in [6, 6.07) is 12.1. The maximum Gasteiger partial charge on any atom is 0.416 e. The number of anilines is 1. The Kier molecular flexibility index (Phi) is 5.64. The van der Waals surface area contributed by atoms with E-state index in [1.807, 2.05) is 0 Å². The van der Waals surface area contributed by atoms with Crippen molar-refractivity contribution in [1.29, 1.82) is 0 Å². The molecule has 1 heterocycles. The number of carbonyl (C=O) groups is 2. The highest BCUT2D eigenvalue weighted by atomic mass is 19.4. The molecular weight excluding hydrogens is 409 g/mol. The molecule has 0 spiro atoms. The summed E-state index contributed by atoms with van der Waals surface area (Å²) in [6.07, 6.45) is -3.12. The van der Waals surface area contributed by atoms with E-state index in [1.54, 1.807) is 41.3 Å². The topological polar surface area (TPSA) is 58.6 Å². The van der Waals surface area contributed by atoms with Crippen LogP contribution >= 0.6 is 0 Å². The maximum absolute atomic E-state index is 13.4. The van der Waals surface area contributed by atoms with E-state index in [2.05, 4.69) is 5.32 Å². The predicted molar refractivity (Wildman–Crippen MR) is 109 cm³/mol. The second kappa shape index (κ2) is 8.24. The minimum absolute atomic E-state index is 0.155. The van der Waals surface area contributed by atoms with Gasteiger partial charge in [-0.3, -0.25) is 0 Å². The van der Waals surface area contributed by atoms with Gasteiger partial charge in [0.2, 0.25) is 0 Å². The number of rotatable bonds is 3. The highest BCUT2D eigenvalue weighted by Crippen LogP contribution is 2.48. The van der Waals surface area contributed by atoms with E-state index in [9.17, 15) is 22.8 Å².